The number of aryl methyl sites for hydroxylation is 2. The first-order valence-electron chi connectivity index (χ1n) is 18.3. The van der Waals surface area contributed by atoms with Crippen LogP contribution in [0.3, 0.4) is 0 Å². The van der Waals surface area contributed by atoms with Crippen LogP contribution in [0.5, 0.6) is 0 Å². The van der Waals surface area contributed by atoms with Gasteiger partial charge in [-0.25, -0.2) is 4.98 Å². The molecule has 2 heterocycles. The Morgan fingerprint density at radius 3 is 2.28 bits per heavy atom. The second-order valence-corrected chi connectivity index (χ2v) is 17.1. The Bertz CT molecular complexity index is 1770. The second-order valence-electron chi connectivity index (χ2n) is 14.6. The summed E-state index contributed by atoms with van der Waals surface area (Å²) in [5, 5.41) is 16.2. The largest absolute Gasteiger partial charge is 0.391 e. The lowest BCUT2D eigenvalue weighted by Crippen LogP contribution is -2.58. The summed E-state index contributed by atoms with van der Waals surface area (Å²) < 4.78 is 40.8. The van der Waals surface area contributed by atoms with Crippen molar-refractivity contribution in [3.05, 3.63) is 70.9 Å². The number of likely N-dealkylation sites (tertiary alicyclic amines) is 1. The normalized spacial score (nSPS) is 16.7. The van der Waals surface area contributed by atoms with Crippen molar-refractivity contribution in [3.63, 3.8) is 0 Å². The zero-order chi connectivity index (χ0) is 39.3. The van der Waals surface area contributed by atoms with Gasteiger partial charge in [0.2, 0.25) is 17.7 Å². The summed E-state index contributed by atoms with van der Waals surface area (Å²) in [4.78, 5) is 46.9. The first-order valence-corrected chi connectivity index (χ1v) is 20.6. The highest BCUT2D eigenvalue weighted by atomic mass is 32.2. The molecule has 1 aromatic heterocycles. The van der Waals surface area contributed by atoms with E-state index in [1.807, 2.05) is 64.4 Å². The number of benzene rings is 2. The second kappa shape index (κ2) is 20.3. The highest BCUT2D eigenvalue weighted by Crippen LogP contribution is 2.28. The molecule has 1 aliphatic rings. The summed E-state index contributed by atoms with van der Waals surface area (Å²) in [6.07, 6.45) is 1.88. The van der Waals surface area contributed by atoms with Crippen molar-refractivity contribution < 1.29 is 41.6 Å². The van der Waals surface area contributed by atoms with Crippen LogP contribution in [-0.2, 0) is 44.7 Å². The minimum atomic E-state index is -3.76. The summed E-state index contributed by atoms with van der Waals surface area (Å²) in [5.74, 6) is -1.27. The van der Waals surface area contributed by atoms with Crippen LogP contribution in [0.4, 0.5) is 0 Å². The molecule has 3 amide bonds. The monoisotopic (exact) mass is 786 g/mol. The molecule has 4 rings (SSSR count). The van der Waals surface area contributed by atoms with Crippen molar-refractivity contribution in [3.8, 4) is 10.4 Å². The molecular weight excluding hydrogens is 733 g/mol. The fraction of sp³-hybridized carbons (Fsp3) is 0.538. The van der Waals surface area contributed by atoms with E-state index in [1.165, 1.54) is 17.0 Å². The third-order valence-electron chi connectivity index (χ3n) is 9.00. The predicted molar refractivity (Wildman–Crippen MR) is 206 cm³/mol. The number of β-amino-alcohol motifs (C(OH)–C–C–N with tert-alkyl or cyclic N) is 1. The minimum Gasteiger partial charge on any atom is -0.391 e. The Labute approximate surface area is 322 Å². The van der Waals surface area contributed by atoms with Crippen LogP contribution in [0, 0.1) is 19.3 Å². The SMILES string of the molecule is Cc1ccc(S(=O)(=O)OCCCCCOCCCOCC(=O)N[C@H](C(=O)N2C[C@H](O)C[C@H]2C(=O)NCc2ccc(-c3scnc3C)cc2)C(C)(C)C)cc1. The van der Waals surface area contributed by atoms with E-state index >= 15 is 0 Å². The molecule has 15 heteroatoms. The Kier molecular flexibility index (Phi) is 16.1. The van der Waals surface area contributed by atoms with Crippen LogP contribution < -0.4 is 10.6 Å². The quantitative estimate of drug-likeness (QED) is 0.109. The Balaban J connectivity index is 1.12. The lowest BCUT2D eigenvalue weighted by molar-refractivity contribution is -0.144. The maximum atomic E-state index is 13.8. The number of rotatable bonds is 20. The van der Waals surface area contributed by atoms with Crippen LogP contribution >= 0.6 is 11.3 Å². The highest BCUT2D eigenvalue weighted by Gasteiger charge is 2.44. The molecule has 1 aliphatic heterocycles. The van der Waals surface area contributed by atoms with Gasteiger partial charge in [0.15, 0.2) is 0 Å². The predicted octanol–water partition coefficient (Wildman–Crippen LogP) is 4.53. The van der Waals surface area contributed by atoms with E-state index in [9.17, 15) is 27.9 Å². The van der Waals surface area contributed by atoms with Crippen LogP contribution in [0.25, 0.3) is 10.4 Å². The third kappa shape index (κ3) is 12.9. The number of nitrogens with zero attached hydrogens (tertiary/aromatic N) is 2. The average Bonchev–Trinajstić information content (AvgIpc) is 3.74. The van der Waals surface area contributed by atoms with Gasteiger partial charge in [0.1, 0.15) is 18.7 Å². The third-order valence-corrected chi connectivity index (χ3v) is 11.3. The molecule has 1 saturated heterocycles. The number of aliphatic hydroxyl groups excluding tert-OH is 1. The van der Waals surface area contributed by atoms with Crippen molar-refractivity contribution in [2.45, 2.75) is 96.4 Å². The van der Waals surface area contributed by atoms with Crippen LogP contribution in [0.1, 0.15) is 69.7 Å². The number of hydrogen-bond donors (Lipinski definition) is 3. The lowest BCUT2D eigenvalue weighted by Gasteiger charge is -2.35. The molecule has 2 aromatic carbocycles. The van der Waals surface area contributed by atoms with Gasteiger partial charge in [-0.3, -0.25) is 18.6 Å². The maximum absolute atomic E-state index is 13.8. The number of unbranched alkanes of at least 4 members (excludes halogenated alkanes) is 2. The summed E-state index contributed by atoms with van der Waals surface area (Å²) >= 11 is 1.57. The number of carbonyl (C=O) groups excluding carboxylic acids is 3. The van der Waals surface area contributed by atoms with Gasteiger partial charge in [-0.05, 0) is 68.2 Å². The van der Waals surface area contributed by atoms with E-state index in [4.69, 9.17) is 13.7 Å². The van der Waals surface area contributed by atoms with Crippen LogP contribution in [-0.4, -0.2) is 98.9 Å². The number of aromatic nitrogens is 1. The number of carbonyl (C=O) groups is 3. The van der Waals surface area contributed by atoms with Crippen molar-refractivity contribution in [2.75, 3.05) is 39.6 Å². The lowest BCUT2D eigenvalue weighted by atomic mass is 9.85. The van der Waals surface area contributed by atoms with E-state index in [2.05, 4.69) is 15.6 Å². The molecular formula is C39H54N4O9S2. The fourth-order valence-corrected chi connectivity index (χ4v) is 7.69. The summed E-state index contributed by atoms with van der Waals surface area (Å²) in [6.45, 7) is 10.6. The van der Waals surface area contributed by atoms with Gasteiger partial charge in [-0.15, -0.1) is 11.3 Å². The number of nitrogens with one attached hydrogen (secondary N) is 2. The standard InChI is InChI=1S/C39H54N4O9S2/c1-27-10-16-32(17-11-27)54(48,49)52-21-8-6-7-18-50-19-9-20-51-25-34(45)42-36(39(3,4)5)38(47)43-24-31(44)22-33(43)37(46)40-23-29-12-14-30(15-13-29)35-28(2)41-26-53-35/h10-17,26,31,33,36,44H,6-9,18-25H2,1-5H3,(H,40,46)(H,42,45)/t31-,33+,36-/m1/s1. The van der Waals surface area contributed by atoms with Gasteiger partial charge in [0, 0.05) is 39.3 Å². The first kappa shape index (κ1) is 43.0. The number of ether oxygens (including phenoxy) is 2. The van der Waals surface area contributed by atoms with Crippen molar-refractivity contribution in [2.24, 2.45) is 5.41 Å². The zero-order valence-corrected chi connectivity index (χ0v) is 33.5. The molecule has 3 N–H and O–H groups in total. The molecule has 3 atom stereocenters. The summed E-state index contributed by atoms with van der Waals surface area (Å²) in [6, 6.07) is 12.6. The Hall–Kier alpha value is -3.73. The van der Waals surface area contributed by atoms with E-state index in [1.54, 1.807) is 23.5 Å². The van der Waals surface area contributed by atoms with E-state index in [0.717, 1.165) is 40.1 Å². The highest BCUT2D eigenvalue weighted by molar-refractivity contribution is 7.86. The molecule has 54 heavy (non-hydrogen) atoms. The molecule has 0 spiro atoms. The zero-order valence-electron chi connectivity index (χ0n) is 31.8. The van der Waals surface area contributed by atoms with E-state index in [-0.39, 0.29) is 50.1 Å². The molecule has 0 unspecified atom stereocenters. The van der Waals surface area contributed by atoms with E-state index in [0.29, 0.717) is 26.1 Å². The maximum Gasteiger partial charge on any atom is 0.296 e. The fourth-order valence-electron chi connectivity index (χ4n) is 5.94. The van der Waals surface area contributed by atoms with E-state index < -0.39 is 45.5 Å². The van der Waals surface area contributed by atoms with Crippen molar-refractivity contribution in [1.29, 1.82) is 0 Å². The van der Waals surface area contributed by atoms with Crippen molar-refractivity contribution in [1.82, 2.24) is 20.5 Å². The topological polar surface area (TPSA) is 173 Å². The number of thiazole rings is 1. The molecule has 1 fully saturated rings. The van der Waals surface area contributed by atoms with Gasteiger partial charge < -0.3 is 30.1 Å². The smallest absolute Gasteiger partial charge is 0.296 e. The van der Waals surface area contributed by atoms with Gasteiger partial charge in [0.05, 0.1) is 33.7 Å². The molecule has 0 radical (unpaired) electrons. The first-order chi connectivity index (χ1) is 25.7. The molecule has 0 aliphatic carbocycles. The number of amides is 3. The van der Waals surface area contributed by atoms with Gasteiger partial charge in [0.25, 0.3) is 10.1 Å². The summed E-state index contributed by atoms with van der Waals surface area (Å²) in [7, 11) is -3.76. The van der Waals surface area contributed by atoms with Crippen LogP contribution in [0.2, 0.25) is 0 Å². The Morgan fingerprint density at radius 2 is 1.61 bits per heavy atom. The molecule has 13 nitrogen and oxygen atoms in total. The van der Waals surface area contributed by atoms with Crippen LogP contribution in [0.15, 0.2) is 58.9 Å². The van der Waals surface area contributed by atoms with Gasteiger partial charge >= 0.3 is 0 Å². The van der Waals surface area contributed by atoms with Crippen molar-refractivity contribution >= 4 is 39.2 Å². The molecule has 3 aromatic rings. The Morgan fingerprint density at radius 1 is 0.944 bits per heavy atom. The van der Waals surface area contributed by atoms with Gasteiger partial charge in [-0.1, -0.05) is 62.7 Å². The number of hydrogen-bond acceptors (Lipinski definition) is 11. The molecule has 0 saturated carbocycles. The summed E-state index contributed by atoms with van der Waals surface area (Å²) in [5.41, 5.74) is 5.00. The average molecular weight is 787 g/mol. The van der Waals surface area contributed by atoms with Gasteiger partial charge in [-0.2, -0.15) is 8.42 Å². The minimum absolute atomic E-state index is 0.0114. The number of aliphatic hydroxyl groups is 1. The molecule has 0 bridgehead atoms. The molecule has 296 valence electrons.